The molecule has 2 aromatic carbocycles. The van der Waals surface area contributed by atoms with Crippen LogP contribution in [-0.2, 0) is 4.79 Å². The number of nitrogens with one attached hydrogen (secondary N) is 1. The Hall–Kier alpha value is -2.64. The van der Waals surface area contributed by atoms with Gasteiger partial charge in [0.05, 0.1) is 37.6 Å². The Morgan fingerprint density at radius 2 is 1.91 bits per heavy atom. The Morgan fingerprint density at radius 3 is 2.59 bits per heavy atom. The third-order valence-corrected chi connectivity index (χ3v) is 6.82. The van der Waals surface area contributed by atoms with Crippen molar-refractivity contribution in [3.8, 4) is 22.8 Å². The Kier molecular flexibility index (Phi) is 7.27. The van der Waals surface area contributed by atoms with Gasteiger partial charge in [0, 0.05) is 17.1 Å². The van der Waals surface area contributed by atoms with Crippen molar-refractivity contribution in [2.45, 2.75) is 36.9 Å². The number of methoxy groups -OCH3 is 2. The minimum atomic E-state index is -0.129. The van der Waals surface area contributed by atoms with E-state index < -0.39 is 0 Å². The SMILES string of the molecule is COc1ccc(OC)c(NC(=O)CSc2ncc(-c3ccc(Cl)cc3)n2C2CCCC2)c1. The molecule has 6 nitrogen and oxygen atoms in total. The number of benzene rings is 2. The second-order valence-corrected chi connectivity index (χ2v) is 9.02. The third kappa shape index (κ3) is 5.05. The lowest BCUT2D eigenvalue weighted by Crippen LogP contribution is -2.16. The summed E-state index contributed by atoms with van der Waals surface area (Å²) in [6.45, 7) is 0. The van der Waals surface area contributed by atoms with Gasteiger partial charge in [-0.05, 0) is 42.7 Å². The number of thioether (sulfide) groups is 1. The molecule has 1 N–H and O–H groups in total. The van der Waals surface area contributed by atoms with Crippen LogP contribution < -0.4 is 14.8 Å². The van der Waals surface area contributed by atoms with E-state index in [-0.39, 0.29) is 11.7 Å². The molecule has 1 aromatic heterocycles. The zero-order valence-electron chi connectivity index (χ0n) is 18.1. The molecule has 4 rings (SSSR count). The highest BCUT2D eigenvalue weighted by atomic mass is 35.5. The van der Waals surface area contributed by atoms with Crippen LogP contribution in [0.25, 0.3) is 11.3 Å². The van der Waals surface area contributed by atoms with E-state index in [2.05, 4.69) is 14.9 Å². The lowest BCUT2D eigenvalue weighted by molar-refractivity contribution is -0.113. The van der Waals surface area contributed by atoms with E-state index in [0.717, 1.165) is 29.3 Å². The predicted molar refractivity (Wildman–Crippen MR) is 129 cm³/mol. The summed E-state index contributed by atoms with van der Waals surface area (Å²) in [6, 6.07) is 13.5. The molecular formula is C24H26ClN3O3S. The summed E-state index contributed by atoms with van der Waals surface area (Å²) in [5.74, 6) is 1.35. The minimum absolute atomic E-state index is 0.129. The molecule has 1 saturated carbocycles. The van der Waals surface area contributed by atoms with Crippen LogP contribution in [0.3, 0.4) is 0 Å². The third-order valence-electron chi connectivity index (χ3n) is 5.61. The van der Waals surface area contributed by atoms with Crippen LogP contribution in [0, 0.1) is 0 Å². The Balaban J connectivity index is 1.52. The van der Waals surface area contributed by atoms with Crippen LogP contribution in [0.5, 0.6) is 11.5 Å². The average molecular weight is 472 g/mol. The maximum absolute atomic E-state index is 12.7. The quantitative estimate of drug-likeness (QED) is 0.404. The van der Waals surface area contributed by atoms with Crippen LogP contribution in [0.15, 0.2) is 53.8 Å². The van der Waals surface area contributed by atoms with Crippen molar-refractivity contribution in [2.24, 2.45) is 0 Å². The number of nitrogens with zero attached hydrogens (tertiary/aromatic N) is 2. The van der Waals surface area contributed by atoms with Crippen molar-refractivity contribution in [3.05, 3.63) is 53.7 Å². The zero-order chi connectivity index (χ0) is 22.5. The van der Waals surface area contributed by atoms with Crippen LogP contribution in [0.4, 0.5) is 5.69 Å². The van der Waals surface area contributed by atoms with Crippen molar-refractivity contribution < 1.29 is 14.3 Å². The number of anilines is 1. The van der Waals surface area contributed by atoms with Crippen molar-refractivity contribution in [2.75, 3.05) is 25.3 Å². The molecule has 0 spiro atoms. The summed E-state index contributed by atoms with van der Waals surface area (Å²) in [6.07, 6.45) is 6.56. The zero-order valence-corrected chi connectivity index (χ0v) is 19.7. The Labute approximate surface area is 197 Å². The Bertz CT molecular complexity index is 1080. The van der Waals surface area contributed by atoms with Crippen molar-refractivity contribution >= 4 is 35.0 Å². The van der Waals surface area contributed by atoms with Crippen LogP contribution in [0.2, 0.25) is 5.02 Å². The van der Waals surface area contributed by atoms with Gasteiger partial charge in [-0.25, -0.2) is 4.98 Å². The van der Waals surface area contributed by atoms with Crippen molar-refractivity contribution in [3.63, 3.8) is 0 Å². The molecule has 8 heteroatoms. The molecule has 1 amide bonds. The van der Waals surface area contributed by atoms with E-state index in [9.17, 15) is 4.79 Å². The minimum Gasteiger partial charge on any atom is -0.497 e. The molecule has 1 aliphatic rings. The summed E-state index contributed by atoms with van der Waals surface area (Å²) in [5, 5.41) is 4.49. The number of amides is 1. The van der Waals surface area contributed by atoms with Gasteiger partial charge in [-0.3, -0.25) is 4.79 Å². The van der Waals surface area contributed by atoms with Gasteiger partial charge in [0.25, 0.3) is 0 Å². The van der Waals surface area contributed by atoms with Crippen molar-refractivity contribution in [1.82, 2.24) is 9.55 Å². The van der Waals surface area contributed by atoms with E-state index in [4.69, 9.17) is 21.1 Å². The first-order chi connectivity index (χ1) is 15.6. The number of rotatable bonds is 8. The highest BCUT2D eigenvalue weighted by Crippen LogP contribution is 2.38. The van der Waals surface area contributed by atoms with E-state index in [1.165, 1.54) is 24.6 Å². The van der Waals surface area contributed by atoms with Gasteiger partial charge in [0.1, 0.15) is 11.5 Å². The van der Waals surface area contributed by atoms with Gasteiger partial charge < -0.3 is 19.4 Å². The smallest absolute Gasteiger partial charge is 0.234 e. The standard InChI is InChI=1S/C24H26ClN3O3S/c1-30-19-11-12-22(31-2)20(13-19)27-23(29)15-32-24-26-14-21(16-7-9-17(25)10-8-16)28(24)18-5-3-4-6-18/h7-14,18H,3-6,15H2,1-2H3,(H,27,29). The maximum Gasteiger partial charge on any atom is 0.234 e. The fourth-order valence-corrected chi connectivity index (χ4v) is 5.00. The molecule has 0 unspecified atom stereocenters. The van der Waals surface area contributed by atoms with Gasteiger partial charge in [-0.15, -0.1) is 0 Å². The summed E-state index contributed by atoms with van der Waals surface area (Å²) < 4.78 is 12.9. The predicted octanol–water partition coefficient (Wildman–Crippen LogP) is 6.07. The van der Waals surface area contributed by atoms with Gasteiger partial charge in [0.2, 0.25) is 5.91 Å². The molecule has 1 aliphatic carbocycles. The van der Waals surface area contributed by atoms with Crippen LogP contribution in [0.1, 0.15) is 31.7 Å². The second-order valence-electron chi connectivity index (χ2n) is 7.64. The first-order valence-electron chi connectivity index (χ1n) is 10.6. The number of hydrogen-bond donors (Lipinski definition) is 1. The van der Waals surface area contributed by atoms with E-state index in [1.54, 1.807) is 32.4 Å². The molecule has 32 heavy (non-hydrogen) atoms. The number of imidazole rings is 1. The van der Waals surface area contributed by atoms with E-state index in [1.807, 2.05) is 30.5 Å². The number of hydrogen-bond acceptors (Lipinski definition) is 5. The van der Waals surface area contributed by atoms with Crippen molar-refractivity contribution in [1.29, 1.82) is 0 Å². The molecule has 168 valence electrons. The maximum atomic E-state index is 12.7. The largest absolute Gasteiger partial charge is 0.497 e. The lowest BCUT2D eigenvalue weighted by Gasteiger charge is -2.18. The first-order valence-corrected chi connectivity index (χ1v) is 11.9. The summed E-state index contributed by atoms with van der Waals surface area (Å²) in [5.41, 5.74) is 2.72. The van der Waals surface area contributed by atoms with Gasteiger partial charge in [-0.2, -0.15) is 0 Å². The fourth-order valence-electron chi connectivity index (χ4n) is 4.03. The monoisotopic (exact) mass is 471 g/mol. The van der Waals surface area contributed by atoms with Gasteiger partial charge in [-0.1, -0.05) is 48.3 Å². The molecule has 3 aromatic rings. The molecule has 1 heterocycles. The van der Waals surface area contributed by atoms with Crippen LogP contribution in [-0.4, -0.2) is 35.4 Å². The molecule has 0 atom stereocenters. The Morgan fingerprint density at radius 1 is 1.16 bits per heavy atom. The highest BCUT2D eigenvalue weighted by molar-refractivity contribution is 7.99. The highest BCUT2D eigenvalue weighted by Gasteiger charge is 2.24. The summed E-state index contributed by atoms with van der Waals surface area (Å²) in [4.78, 5) is 17.4. The molecule has 0 saturated heterocycles. The molecule has 0 radical (unpaired) electrons. The average Bonchev–Trinajstić information content (AvgIpc) is 3.48. The van der Waals surface area contributed by atoms with Gasteiger partial charge >= 0.3 is 0 Å². The number of carbonyl (C=O) groups is 1. The summed E-state index contributed by atoms with van der Waals surface area (Å²) in [7, 11) is 3.16. The molecule has 0 bridgehead atoms. The molecular weight excluding hydrogens is 446 g/mol. The topological polar surface area (TPSA) is 65.4 Å². The fraction of sp³-hybridized carbons (Fsp3) is 0.333. The summed E-state index contributed by atoms with van der Waals surface area (Å²) >= 11 is 7.52. The normalized spacial score (nSPS) is 13.8. The second kappa shape index (κ2) is 10.3. The van der Waals surface area contributed by atoms with E-state index >= 15 is 0 Å². The lowest BCUT2D eigenvalue weighted by atomic mass is 10.1. The number of carbonyl (C=O) groups excluding carboxylic acids is 1. The molecule has 0 aliphatic heterocycles. The number of halogens is 1. The van der Waals surface area contributed by atoms with Gasteiger partial charge in [0.15, 0.2) is 5.16 Å². The molecule has 1 fully saturated rings. The number of aromatic nitrogens is 2. The first kappa shape index (κ1) is 22.6. The van der Waals surface area contributed by atoms with E-state index in [0.29, 0.717) is 28.3 Å². The number of ether oxygens (including phenoxy) is 2. The van der Waals surface area contributed by atoms with Crippen LogP contribution >= 0.6 is 23.4 Å².